The van der Waals surface area contributed by atoms with Gasteiger partial charge in [-0.1, -0.05) is 194 Å². The highest BCUT2D eigenvalue weighted by atomic mass is 32.1. The van der Waals surface area contributed by atoms with Gasteiger partial charge in [-0.2, -0.15) is 0 Å². The summed E-state index contributed by atoms with van der Waals surface area (Å²) in [7, 11) is 0. The summed E-state index contributed by atoms with van der Waals surface area (Å²) in [6, 6.07) is 93.5. The number of rotatable bonds is 8. The van der Waals surface area contributed by atoms with Gasteiger partial charge >= 0.3 is 0 Å². The van der Waals surface area contributed by atoms with E-state index in [9.17, 15) is 0 Å². The molecular weight excluding hydrogens is 931 g/mol. The normalized spacial score (nSPS) is 11.7. The average Bonchev–Trinajstić information content (AvgIpc) is 4.22. The van der Waals surface area contributed by atoms with Gasteiger partial charge < -0.3 is 9.13 Å². The first-order valence-electron chi connectivity index (χ1n) is 25.3. The lowest BCUT2D eigenvalue weighted by atomic mass is 9.95. The van der Waals surface area contributed by atoms with Crippen LogP contribution in [0.2, 0.25) is 0 Å². The van der Waals surface area contributed by atoms with Crippen LogP contribution in [-0.2, 0) is 0 Å². The van der Waals surface area contributed by atoms with Crippen molar-refractivity contribution in [3.8, 4) is 78.9 Å². The molecule has 0 unspecified atom stereocenters. The number of nitrogens with zero attached hydrogens (tertiary/aromatic N) is 5. The van der Waals surface area contributed by atoms with E-state index in [0.29, 0.717) is 17.5 Å². The van der Waals surface area contributed by atoms with Crippen LogP contribution in [0.1, 0.15) is 0 Å². The summed E-state index contributed by atoms with van der Waals surface area (Å²) < 4.78 is 7.29. The first-order chi connectivity index (χ1) is 37.2. The number of fused-ring (bicyclic) bond motifs is 9. The third kappa shape index (κ3) is 7.10. The molecule has 11 aromatic carbocycles. The number of thiophene rings is 1. The minimum Gasteiger partial charge on any atom is -0.309 e. The van der Waals surface area contributed by atoms with Gasteiger partial charge in [0.2, 0.25) is 0 Å². The van der Waals surface area contributed by atoms with E-state index in [0.717, 1.165) is 66.7 Å². The fraction of sp³-hybridized carbons (Fsp3) is 0. The lowest BCUT2D eigenvalue weighted by Crippen LogP contribution is -2.03. The second-order valence-corrected chi connectivity index (χ2v) is 20.2. The zero-order valence-electron chi connectivity index (χ0n) is 40.5. The molecule has 5 nitrogen and oxygen atoms in total. The highest BCUT2D eigenvalue weighted by Crippen LogP contribution is 2.46. The molecule has 0 amide bonds. The van der Waals surface area contributed by atoms with E-state index in [1.807, 2.05) is 0 Å². The third-order valence-electron chi connectivity index (χ3n) is 14.8. The van der Waals surface area contributed by atoms with E-state index in [-0.39, 0.29) is 0 Å². The summed E-state index contributed by atoms with van der Waals surface area (Å²) in [6.45, 7) is 0. The molecule has 0 bridgehead atoms. The van der Waals surface area contributed by atoms with Crippen LogP contribution in [0.15, 0.2) is 261 Å². The van der Waals surface area contributed by atoms with Crippen molar-refractivity contribution >= 4 is 75.1 Å². The lowest BCUT2D eigenvalue weighted by Gasteiger charge is -2.15. The van der Waals surface area contributed by atoms with Crippen LogP contribution in [0.4, 0.5) is 0 Å². The fourth-order valence-corrected chi connectivity index (χ4v) is 12.6. The Bertz CT molecular complexity index is 4700. The first-order valence-corrected chi connectivity index (χ1v) is 26.2. The number of hydrogen-bond acceptors (Lipinski definition) is 4. The lowest BCUT2D eigenvalue weighted by molar-refractivity contribution is 1.06. The summed E-state index contributed by atoms with van der Waals surface area (Å²) in [5, 5.41) is 7.26. The molecule has 4 aromatic heterocycles. The van der Waals surface area contributed by atoms with Crippen molar-refractivity contribution in [2.75, 3.05) is 0 Å². The summed E-state index contributed by atoms with van der Waals surface area (Å²) in [5.74, 6) is 1.82. The van der Waals surface area contributed by atoms with E-state index in [4.69, 9.17) is 15.0 Å². The summed E-state index contributed by atoms with van der Waals surface area (Å²) in [6.07, 6.45) is 0. The second-order valence-electron chi connectivity index (χ2n) is 19.1. The predicted molar refractivity (Wildman–Crippen MR) is 314 cm³/mol. The molecule has 0 radical (unpaired) electrons. The van der Waals surface area contributed by atoms with Crippen molar-refractivity contribution in [3.63, 3.8) is 0 Å². The molecular formula is C69H43N5S. The SMILES string of the molecule is c1ccc(-c2cccc(-c3nc(-c4ccc5c(c4)sc4ccccc45)nc(-c4ccccc4-n4c5cc(-c6ccccc6)ccc5c5c(-c6cccc7c6c6ccccc6n7-c6ccccc6)cccc54)n3)c2)cc1. The van der Waals surface area contributed by atoms with Crippen LogP contribution in [0.5, 0.6) is 0 Å². The molecule has 0 fully saturated rings. The molecule has 6 heteroatoms. The number of aromatic nitrogens is 5. The van der Waals surface area contributed by atoms with Gasteiger partial charge in [-0.25, -0.2) is 15.0 Å². The summed E-state index contributed by atoms with van der Waals surface area (Å²) in [4.78, 5) is 16.2. The highest BCUT2D eigenvalue weighted by Gasteiger charge is 2.24. The van der Waals surface area contributed by atoms with Gasteiger partial charge in [0, 0.05) is 64.1 Å². The third-order valence-corrected chi connectivity index (χ3v) is 15.9. The Morgan fingerprint density at radius 2 is 0.747 bits per heavy atom. The molecule has 0 aliphatic carbocycles. The van der Waals surface area contributed by atoms with E-state index in [1.54, 1.807) is 11.3 Å². The second kappa shape index (κ2) is 17.5. The van der Waals surface area contributed by atoms with Gasteiger partial charge in [0.15, 0.2) is 17.5 Å². The zero-order valence-corrected chi connectivity index (χ0v) is 41.3. The van der Waals surface area contributed by atoms with Gasteiger partial charge in [0.05, 0.1) is 27.8 Å². The predicted octanol–water partition coefficient (Wildman–Crippen LogP) is 18.4. The number of para-hydroxylation sites is 3. The zero-order chi connectivity index (χ0) is 49.4. The molecule has 350 valence electrons. The molecule has 0 spiro atoms. The smallest absolute Gasteiger partial charge is 0.166 e. The molecule has 0 atom stereocenters. The van der Waals surface area contributed by atoms with E-state index in [1.165, 1.54) is 58.5 Å². The molecule has 0 N–H and O–H groups in total. The fourth-order valence-electron chi connectivity index (χ4n) is 11.4. The van der Waals surface area contributed by atoms with Gasteiger partial charge in [-0.15, -0.1) is 11.3 Å². The van der Waals surface area contributed by atoms with Crippen molar-refractivity contribution < 1.29 is 0 Å². The Balaban J connectivity index is 0.986. The van der Waals surface area contributed by atoms with Gasteiger partial charge in [0.25, 0.3) is 0 Å². The van der Waals surface area contributed by atoms with Crippen molar-refractivity contribution in [1.29, 1.82) is 0 Å². The van der Waals surface area contributed by atoms with Crippen molar-refractivity contribution in [2.24, 2.45) is 0 Å². The number of hydrogen-bond donors (Lipinski definition) is 0. The number of benzene rings is 11. The van der Waals surface area contributed by atoms with E-state index in [2.05, 4.69) is 270 Å². The summed E-state index contributed by atoms with van der Waals surface area (Å²) >= 11 is 1.80. The molecule has 15 rings (SSSR count). The van der Waals surface area contributed by atoms with Crippen LogP contribution in [-0.4, -0.2) is 24.1 Å². The quantitative estimate of drug-likeness (QED) is 0.152. The van der Waals surface area contributed by atoms with Crippen molar-refractivity contribution in [1.82, 2.24) is 24.1 Å². The average molecular weight is 974 g/mol. The molecule has 0 aliphatic heterocycles. The van der Waals surface area contributed by atoms with Crippen molar-refractivity contribution in [2.45, 2.75) is 0 Å². The monoisotopic (exact) mass is 973 g/mol. The van der Waals surface area contributed by atoms with E-state index >= 15 is 0 Å². The van der Waals surface area contributed by atoms with Crippen molar-refractivity contribution in [3.05, 3.63) is 261 Å². The molecule has 4 heterocycles. The molecule has 0 saturated carbocycles. The Morgan fingerprint density at radius 1 is 0.267 bits per heavy atom. The topological polar surface area (TPSA) is 48.5 Å². The maximum absolute atomic E-state index is 5.46. The molecule has 0 aliphatic rings. The molecule has 75 heavy (non-hydrogen) atoms. The summed E-state index contributed by atoms with van der Waals surface area (Å²) in [5.41, 5.74) is 16.2. The molecule has 15 aromatic rings. The first kappa shape index (κ1) is 42.9. The molecule has 0 saturated heterocycles. The van der Waals surface area contributed by atoms with Crippen LogP contribution in [0, 0.1) is 0 Å². The van der Waals surface area contributed by atoms with Crippen LogP contribution >= 0.6 is 11.3 Å². The Morgan fingerprint density at radius 3 is 1.49 bits per heavy atom. The van der Waals surface area contributed by atoms with Crippen LogP contribution in [0.25, 0.3) is 143 Å². The van der Waals surface area contributed by atoms with Crippen LogP contribution < -0.4 is 0 Å². The van der Waals surface area contributed by atoms with Gasteiger partial charge in [-0.05, 0) is 100 Å². The Hall–Kier alpha value is -9.75. The largest absolute Gasteiger partial charge is 0.309 e. The van der Waals surface area contributed by atoms with E-state index < -0.39 is 0 Å². The maximum atomic E-state index is 5.46. The minimum absolute atomic E-state index is 0.594. The maximum Gasteiger partial charge on any atom is 0.166 e. The van der Waals surface area contributed by atoms with Gasteiger partial charge in [-0.3, -0.25) is 0 Å². The minimum atomic E-state index is 0.594. The van der Waals surface area contributed by atoms with Crippen LogP contribution in [0.3, 0.4) is 0 Å². The Labute approximate surface area is 436 Å². The highest BCUT2D eigenvalue weighted by molar-refractivity contribution is 7.25. The Kier molecular flexibility index (Phi) is 10.00. The standard InChI is InChI=1S/C69H43N5S/c1-4-19-44(20-5-1)46-23-16-24-48(41-46)67-70-68(49-38-39-52-51-27-12-15-36-63(51)75-64(52)43-49)72-69(71-67)57-29-11-14-33-59(57)74-61-35-18-31-54(66(61)56-40-37-47(42-62(56)74)45-21-6-2-7-22-45)53-30-17-34-60-65(53)55-28-10-13-32-58(55)73(60)50-25-8-3-9-26-50/h1-43H. The van der Waals surface area contributed by atoms with Gasteiger partial charge in [0.1, 0.15) is 0 Å².